The molecule has 0 aromatic heterocycles. The molecule has 1 aliphatic rings. The van der Waals surface area contributed by atoms with Crippen molar-refractivity contribution in [1.82, 2.24) is 10.6 Å². The monoisotopic (exact) mass is 321 g/mol. The number of guanidine groups is 1. The molecule has 2 N–H and O–H groups in total. The maximum atomic E-state index is 5.33. The Bertz CT molecular complexity index is 542. The van der Waals surface area contributed by atoms with Crippen LogP contribution in [0.2, 0.25) is 0 Å². The summed E-state index contributed by atoms with van der Waals surface area (Å²) in [5, 5.41) is 6.65. The highest BCUT2D eigenvalue weighted by atomic mass is 16.5. The fourth-order valence-electron chi connectivity index (χ4n) is 2.34. The molecule has 1 aliphatic heterocycles. The minimum Gasteiger partial charge on any atom is -0.493 e. The van der Waals surface area contributed by atoms with E-state index < -0.39 is 0 Å². The molecule has 1 saturated heterocycles. The second-order valence-electron chi connectivity index (χ2n) is 6.04. The number of nitrogens with one attached hydrogen (secondary N) is 2. The van der Waals surface area contributed by atoms with Gasteiger partial charge in [0.05, 0.1) is 34.0 Å². The van der Waals surface area contributed by atoms with Gasteiger partial charge in [0.25, 0.3) is 0 Å². The highest BCUT2D eigenvalue weighted by molar-refractivity contribution is 5.79. The van der Waals surface area contributed by atoms with E-state index in [1.54, 1.807) is 14.2 Å². The van der Waals surface area contributed by atoms with Crippen molar-refractivity contribution >= 4 is 5.96 Å². The largest absolute Gasteiger partial charge is 0.493 e. The van der Waals surface area contributed by atoms with Gasteiger partial charge in [0.1, 0.15) is 0 Å². The quantitative estimate of drug-likeness (QED) is 0.592. The Kier molecular flexibility index (Phi) is 6.10. The van der Waals surface area contributed by atoms with Crippen LogP contribution in [0.15, 0.2) is 23.2 Å². The van der Waals surface area contributed by atoms with Crippen LogP contribution in [0.4, 0.5) is 0 Å². The Morgan fingerprint density at radius 2 is 1.96 bits per heavy atom. The Morgan fingerprint density at radius 1 is 1.22 bits per heavy atom. The molecule has 0 bridgehead atoms. The van der Waals surface area contributed by atoms with Crippen molar-refractivity contribution in [2.75, 3.05) is 40.5 Å². The van der Waals surface area contributed by atoms with E-state index in [4.69, 9.17) is 14.2 Å². The van der Waals surface area contributed by atoms with Crippen molar-refractivity contribution in [3.05, 3.63) is 23.8 Å². The summed E-state index contributed by atoms with van der Waals surface area (Å²) < 4.78 is 15.9. The van der Waals surface area contributed by atoms with Crippen LogP contribution in [0.25, 0.3) is 0 Å². The highest BCUT2D eigenvalue weighted by Crippen LogP contribution is 2.28. The van der Waals surface area contributed by atoms with Crippen molar-refractivity contribution in [3.8, 4) is 11.5 Å². The first kappa shape index (κ1) is 17.4. The topological polar surface area (TPSA) is 64.1 Å². The Labute approximate surface area is 138 Å². The molecule has 0 unspecified atom stereocenters. The summed E-state index contributed by atoms with van der Waals surface area (Å²) in [4.78, 5) is 4.63. The molecule has 0 amide bonds. The average molecular weight is 321 g/mol. The fourth-order valence-corrected chi connectivity index (χ4v) is 2.34. The molecule has 23 heavy (non-hydrogen) atoms. The van der Waals surface area contributed by atoms with E-state index in [0.717, 1.165) is 49.3 Å². The number of nitrogens with zero attached hydrogens (tertiary/aromatic N) is 1. The number of ether oxygens (including phenoxy) is 3. The number of aliphatic imine (C=N–C) groups is 1. The zero-order valence-electron chi connectivity index (χ0n) is 14.4. The van der Waals surface area contributed by atoms with E-state index in [2.05, 4.69) is 29.5 Å². The minimum absolute atomic E-state index is 0.208. The van der Waals surface area contributed by atoms with Crippen LogP contribution in [-0.4, -0.2) is 46.5 Å². The van der Waals surface area contributed by atoms with Crippen LogP contribution in [0.3, 0.4) is 0 Å². The smallest absolute Gasteiger partial charge is 0.191 e. The minimum atomic E-state index is 0.208. The van der Waals surface area contributed by atoms with Crippen molar-refractivity contribution in [2.45, 2.75) is 20.4 Å². The van der Waals surface area contributed by atoms with Gasteiger partial charge in [-0.3, -0.25) is 0 Å². The maximum absolute atomic E-state index is 5.33. The molecule has 1 heterocycles. The van der Waals surface area contributed by atoms with E-state index in [0.29, 0.717) is 6.54 Å². The molecular weight excluding hydrogens is 294 g/mol. The first-order chi connectivity index (χ1) is 11.1. The molecule has 6 nitrogen and oxygen atoms in total. The highest BCUT2D eigenvalue weighted by Gasteiger charge is 2.33. The van der Waals surface area contributed by atoms with Gasteiger partial charge in [0, 0.05) is 18.5 Å². The summed E-state index contributed by atoms with van der Waals surface area (Å²) in [6.07, 6.45) is 0. The normalized spacial score (nSPS) is 16.4. The van der Waals surface area contributed by atoms with Crippen LogP contribution in [0.1, 0.15) is 19.4 Å². The lowest BCUT2D eigenvalue weighted by molar-refractivity contribution is -0.0971. The van der Waals surface area contributed by atoms with Gasteiger partial charge < -0.3 is 24.8 Å². The molecular formula is C17H27N3O3. The number of benzene rings is 1. The second-order valence-corrected chi connectivity index (χ2v) is 6.04. The zero-order chi connectivity index (χ0) is 16.7. The summed E-state index contributed by atoms with van der Waals surface area (Å²) in [6, 6.07) is 5.85. The first-order valence-electron chi connectivity index (χ1n) is 7.91. The van der Waals surface area contributed by atoms with Crippen molar-refractivity contribution in [3.63, 3.8) is 0 Å². The van der Waals surface area contributed by atoms with E-state index in [-0.39, 0.29) is 5.41 Å². The van der Waals surface area contributed by atoms with Crippen LogP contribution < -0.4 is 20.1 Å². The molecule has 0 atom stereocenters. The first-order valence-corrected chi connectivity index (χ1v) is 7.91. The number of hydrogen-bond acceptors (Lipinski definition) is 4. The summed E-state index contributed by atoms with van der Waals surface area (Å²) >= 11 is 0. The van der Waals surface area contributed by atoms with Gasteiger partial charge in [0.2, 0.25) is 0 Å². The third kappa shape index (κ3) is 4.76. The van der Waals surface area contributed by atoms with E-state index in [1.165, 1.54) is 0 Å². The van der Waals surface area contributed by atoms with Crippen LogP contribution in [-0.2, 0) is 11.3 Å². The lowest BCUT2D eigenvalue weighted by atomic mass is 9.89. The number of rotatable bonds is 7. The summed E-state index contributed by atoms with van der Waals surface area (Å²) in [5.74, 6) is 2.26. The van der Waals surface area contributed by atoms with Gasteiger partial charge in [0.15, 0.2) is 17.5 Å². The molecule has 0 radical (unpaired) electrons. The van der Waals surface area contributed by atoms with Crippen LogP contribution in [0, 0.1) is 5.41 Å². The van der Waals surface area contributed by atoms with E-state index >= 15 is 0 Å². The molecule has 1 fully saturated rings. The Balaban J connectivity index is 1.98. The molecule has 1 aromatic carbocycles. The van der Waals surface area contributed by atoms with Crippen molar-refractivity contribution in [2.24, 2.45) is 10.4 Å². The van der Waals surface area contributed by atoms with E-state index in [1.807, 2.05) is 18.2 Å². The molecule has 0 aliphatic carbocycles. The molecule has 0 saturated carbocycles. The van der Waals surface area contributed by atoms with Gasteiger partial charge in [-0.2, -0.15) is 0 Å². The van der Waals surface area contributed by atoms with Crippen molar-refractivity contribution < 1.29 is 14.2 Å². The van der Waals surface area contributed by atoms with Gasteiger partial charge in [-0.1, -0.05) is 13.0 Å². The van der Waals surface area contributed by atoms with Crippen LogP contribution >= 0.6 is 0 Å². The molecule has 128 valence electrons. The average Bonchev–Trinajstić information content (AvgIpc) is 2.55. The van der Waals surface area contributed by atoms with Crippen molar-refractivity contribution in [1.29, 1.82) is 0 Å². The zero-order valence-corrected chi connectivity index (χ0v) is 14.4. The molecule has 1 aromatic rings. The fraction of sp³-hybridized carbons (Fsp3) is 0.588. The predicted octanol–water partition coefficient (Wildman–Crippen LogP) is 1.80. The Hall–Kier alpha value is -1.95. The molecule has 0 spiro atoms. The van der Waals surface area contributed by atoms with Crippen LogP contribution in [0.5, 0.6) is 11.5 Å². The summed E-state index contributed by atoms with van der Waals surface area (Å²) in [5.41, 5.74) is 1.28. The number of methoxy groups -OCH3 is 2. The molecule has 6 heteroatoms. The lowest BCUT2D eigenvalue weighted by Gasteiger charge is -2.38. The number of hydrogen-bond donors (Lipinski definition) is 2. The Morgan fingerprint density at radius 3 is 2.52 bits per heavy atom. The maximum Gasteiger partial charge on any atom is 0.191 e. The second kappa shape index (κ2) is 8.06. The summed E-state index contributed by atoms with van der Waals surface area (Å²) in [6.45, 7) is 8.12. The van der Waals surface area contributed by atoms with E-state index in [9.17, 15) is 0 Å². The lowest BCUT2D eigenvalue weighted by Crippen LogP contribution is -2.51. The standard InChI is InChI=1S/C17H27N3O3/c1-5-18-16(20-10-17(2)11-23-12-17)19-9-13-6-7-14(21-3)15(8-13)22-4/h6-8H,5,9-12H2,1-4H3,(H2,18,19,20). The SMILES string of the molecule is CCNC(=NCc1ccc(OC)c(OC)c1)NCC1(C)COC1. The van der Waals surface area contributed by atoms with Gasteiger partial charge in [-0.15, -0.1) is 0 Å². The van der Waals surface area contributed by atoms with Gasteiger partial charge in [-0.05, 0) is 24.6 Å². The van der Waals surface area contributed by atoms with Gasteiger partial charge >= 0.3 is 0 Å². The third-order valence-corrected chi connectivity index (χ3v) is 3.80. The third-order valence-electron chi connectivity index (χ3n) is 3.80. The summed E-state index contributed by atoms with van der Waals surface area (Å²) in [7, 11) is 3.27. The molecule has 2 rings (SSSR count). The predicted molar refractivity (Wildman–Crippen MR) is 91.3 cm³/mol. The van der Waals surface area contributed by atoms with Gasteiger partial charge in [-0.25, -0.2) is 4.99 Å².